The van der Waals surface area contributed by atoms with E-state index in [0.717, 1.165) is 31.4 Å². The van der Waals surface area contributed by atoms with Crippen molar-refractivity contribution in [1.82, 2.24) is 4.98 Å². The van der Waals surface area contributed by atoms with Crippen LogP contribution < -0.4 is 5.32 Å². The van der Waals surface area contributed by atoms with Crippen molar-refractivity contribution in [3.05, 3.63) is 70.1 Å². The molecule has 1 N–H and O–H groups in total. The monoisotopic (exact) mass is 378 g/mol. The number of hydrogen-bond acceptors (Lipinski definition) is 4. The first-order valence-corrected chi connectivity index (χ1v) is 10.00. The van der Waals surface area contributed by atoms with Gasteiger partial charge in [-0.15, -0.1) is 22.7 Å². The average molecular weight is 379 g/mol. The summed E-state index contributed by atoms with van der Waals surface area (Å²) in [7, 11) is 0. The Morgan fingerprint density at radius 2 is 1.81 bits per heavy atom. The molecule has 2 aromatic heterocycles. The van der Waals surface area contributed by atoms with Crippen LogP contribution in [-0.4, -0.2) is 10.9 Å². The number of anilines is 1. The summed E-state index contributed by atoms with van der Waals surface area (Å²) in [6.45, 7) is 6.16. The Labute approximate surface area is 160 Å². The molecule has 0 saturated carbocycles. The molecule has 0 unspecified atom stereocenters. The van der Waals surface area contributed by atoms with Gasteiger partial charge in [-0.25, -0.2) is 4.98 Å². The summed E-state index contributed by atoms with van der Waals surface area (Å²) >= 11 is 3.27. The molecule has 0 aliphatic rings. The maximum atomic E-state index is 12.7. The van der Waals surface area contributed by atoms with Crippen molar-refractivity contribution in [2.75, 3.05) is 5.32 Å². The number of hydrogen-bond donors (Lipinski definition) is 1. The molecule has 0 bridgehead atoms. The van der Waals surface area contributed by atoms with Crippen LogP contribution in [0.3, 0.4) is 0 Å². The predicted octanol–water partition coefficient (Wildman–Crippen LogP) is 6.20. The van der Waals surface area contributed by atoms with E-state index >= 15 is 0 Å². The van der Waals surface area contributed by atoms with Crippen molar-refractivity contribution >= 4 is 43.8 Å². The molecule has 0 saturated heterocycles. The van der Waals surface area contributed by atoms with E-state index in [4.69, 9.17) is 4.98 Å². The second-order valence-electron chi connectivity index (χ2n) is 6.30. The largest absolute Gasteiger partial charge is 0.313 e. The number of para-hydroxylation sites is 1. The molecule has 3 nitrogen and oxygen atoms in total. The van der Waals surface area contributed by atoms with Gasteiger partial charge in [-0.3, -0.25) is 4.79 Å². The second kappa shape index (κ2) is 6.67. The number of thiazole rings is 1. The third kappa shape index (κ3) is 3.04. The van der Waals surface area contributed by atoms with Crippen molar-refractivity contribution in [2.45, 2.75) is 20.8 Å². The van der Waals surface area contributed by atoms with Crippen LogP contribution in [0.1, 0.15) is 26.4 Å². The van der Waals surface area contributed by atoms with Gasteiger partial charge < -0.3 is 5.32 Å². The van der Waals surface area contributed by atoms with E-state index in [1.807, 2.05) is 49.4 Å². The first-order valence-electron chi connectivity index (χ1n) is 8.37. The van der Waals surface area contributed by atoms with E-state index in [1.165, 1.54) is 10.4 Å². The number of amides is 1. The Bertz CT molecular complexity index is 1090. The van der Waals surface area contributed by atoms with Gasteiger partial charge in [0.2, 0.25) is 0 Å². The van der Waals surface area contributed by atoms with E-state index in [1.54, 1.807) is 22.7 Å². The summed E-state index contributed by atoms with van der Waals surface area (Å²) in [4.78, 5) is 18.7. The molecule has 0 fully saturated rings. The lowest BCUT2D eigenvalue weighted by Gasteiger charge is -2.06. The number of aryl methyl sites for hydroxylation is 2. The molecule has 0 spiro atoms. The van der Waals surface area contributed by atoms with Crippen LogP contribution in [0.5, 0.6) is 0 Å². The summed E-state index contributed by atoms with van der Waals surface area (Å²) in [6, 6.07) is 15.8. The summed E-state index contributed by atoms with van der Waals surface area (Å²) in [5.41, 5.74) is 4.95. The molecule has 4 rings (SSSR count). The van der Waals surface area contributed by atoms with Gasteiger partial charge in [-0.05, 0) is 50.6 Å². The zero-order valence-corrected chi connectivity index (χ0v) is 16.4. The number of nitrogens with zero attached hydrogens (tertiary/aromatic N) is 1. The van der Waals surface area contributed by atoms with Crippen LogP contribution in [0.2, 0.25) is 0 Å². The molecule has 0 atom stereocenters. The van der Waals surface area contributed by atoms with E-state index in [2.05, 4.69) is 25.2 Å². The first kappa shape index (κ1) is 16.9. The minimum absolute atomic E-state index is 0.0858. The van der Waals surface area contributed by atoms with Gasteiger partial charge in [0.15, 0.2) is 0 Å². The Hall–Kier alpha value is -2.50. The Morgan fingerprint density at radius 3 is 2.58 bits per heavy atom. The quantitative estimate of drug-likeness (QED) is 0.461. The highest BCUT2D eigenvalue weighted by Crippen LogP contribution is 2.43. The summed E-state index contributed by atoms with van der Waals surface area (Å²) in [6.07, 6.45) is 0. The number of nitrogens with one attached hydrogen (secondary N) is 1. The first-order chi connectivity index (χ1) is 12.5. The molecule has 4 aromatic rings. The third-order valence-corrected chi connectivity index (χ3v) is 6.58. The number of carbonyl (C=O) groups excluding carboxylic acids is 1. The molecule has 0 aliphatic heterocycles. The zero-order valence-electron chi connectivity index (χ0n) is 14.8. The van der Waals surface area contributed by atoms with Crippen molar-refractivity contribution in [3.8, 4) is 10.6 Å². The average Bonchev–Trinajstić information content (AvgIpc) is 3.15. The number of thiophene rings is 1. The number of rotatable bonds is 3. The van der Waals surface area contributed by atoms with Crippen molar-refractivity contribution < 1.29 is 4.79 Å². The van der Waals surface area contributed by atoms with Crippen LogP contribution in [0.15, 0.2) is 48.5 Å². The molecule has 5 heteroatoms. The lowest BCUT2D eigenvalue weighted by molar-refractivity contribution is 0.102. The Morgan fingerprint density at radius 1 is 1.00 bits per heavy atom. The molecule has 26 heavy (non-hydrogen) atoms. The zero-order chi connectivity index (χ0) is 18.3. The lowest BCUT2D eigenvalue weighted by Crippen LogP contribution is -2.11. The second-order valence-corrected chi connectivity index (χ2v) is 8.55. The highest BCUT2D eigenvalue weighted by Gasteiger charge is 2.20. The van der Waals surface area contributed by atoms with Gasteiger partial charge >= 0.3 is 0 Å². The van der Waals surface area contributed by atoms with Crippen molar-refractivity contribution in [1.29, 1.82) is 0 Å². The van der Waals surface area contributed by atoms with Crippen LogP contribution in [-0.2, 0) is 0 Å². The van der Waals surface area contributed by atoms with E-state index in [9.17, 15) is 4.79 Å². The minimum Gasteiger partial charge on any atom is -0.313 e. The fraction of sp³-hybridized carbons (Fsp3) is 0.143. The molecule has 1 amide bonds. The Kier molecular flexibility index (Phi) is 4.34. The van der Waals surface area contributed by atoms with Crippen LogP contribution >= 0.6 is 22.7 Å². The van der Waals surface area contributed by atoms with Crippen LogP contribution in [0.25, 0.3) is 20.8 Å². The topological polar surface area (TPSA) is 42.0 Å². The predicted molar refractivity (Wildman–Crippen MR) is 112 cm³/mol. The normalized spacial score (nSPS) is 11.0. The maximum Gasteiger partial charge on any atom is 0.256 e. The summed E-state index contributed by atoms with van der Waals surface area (Å²) in [5.74, 6) is -0.0858. The van der Waals surface area contributed by atoms with Gasteiger partial charge in [0.25, 0.3) is 5.91 Å². The maximum absolute atomic E-state index is 12.7. The van der Waals surface area contributed by atoms with Gasteiger partial charge in [-0.2, -0.15) is 0 Å². The standard InChI is InChI=1S/C21H18N2OS2/c1-12-7-6-8-15(11-12)19(24)23-21-18(13(2)14(3)25-21)20-22-16-9-4-5-10-17(16)26-20/h4-11H,1-3H3,(H,23,24). The highest BCUT2D eigenvalue weighted by molar-refractivity contribution is 7.22. The van der Waals surface area contributed by atoms with Gasteiger partial charge in [0, 0.05) is 16.0 Å². The van der Waals surface area contributed by atoms with E-state index < -0.39 is 0 Å². The SMILES string of the molecule is Cc1cccc(C(=O)Nc2sc(C)c(C)c2-c2nc3ccccc3s2)c1. The van der Waals surface area contributed by atoms with E-state index in [-0.39, 0.29) is 5.91 Å². The minimum atomic E-state index is -0.0858. The molecule has 2 aromatic carbocycles. The molecule has 0 aliphatic carbocycles. The lowest BCUT2D eigenvalue weighted by atomic mass is 10.1. The molecular formula is C21H18N2OS2. The molecule has 0 radical (unpaired) electrons. The highest BCUT2D eigenvalue weighted by atomic mass is 32.1. The number of fused-ring (bicyclic) bond motifs is 1. The molecule has 2 heterocycles. The fourth-order valence-corrected chi connectivity index (χ4v) is 5.11. The van der Waals surface area contributed by atoms with Gasteiger partial charge in [-0.1, -0.05) is 29.8 Å². The van der Waals surface area contributed by atoms with Crippen molar-refractivity contribution in [2.24, 2.45) is 0 Å². The van der Waals surface area contributed by atoms with Gasteiger partial charge in [0.1, 0.15) is 10.0 Å². The van der Waals surface area contributed by atoms with E-state index in [0.29, 0.717) is 5.56 Å². The van der Waals surface area contributed by atoms with Crippen LogP contribution in [0, 0.1) is 20.8 Å². The van der Waals surface area contributed by atoms with Gasteiger partial charge in [0.05, 0.1) is 10.2 Å². The number of benzene rings is 2. The van der Waals surface area contributed by atoms with Crippen molar-refractivity contribution in [3.63, 3.8) is 0 Å². The summed E-state index contributed by atoms with van der Waals surface area (Å²) in [5, 5.41) is 4.92. The third-order valence-electron chi connectivity index (χ3n) is 4.40. The molecule has 130 valence electrons. The number of aromatic nitrogens is 1. The Balaban J connectivity index is 1.75. The fourth-order valence-electron chi connectivity index (χ4n) is 2.91. The molecular weight excluding hydrogens is 360 g/mol. The smallest absolute Gasteiger partial charge is 0.256 e. The van der Waals surface area contributed by atoms with Crippen LogP contribution in [0.4, 0.5) is 5.00 Å². The number of carbonyl (C=O) groups is 1. The summed E-state index contributed by atoms with van der Waals surface area (Å²) < 4.78 is 1.15.